The third-order valence-corrected chi connectivity index (χ3v) is 4.33. The summed E-state index contributed by atoms with van der Waals surface area (Å²) in [6, 6.07) is 13.4. The first-order valence-electron chi connectivity index (χ1n) is 8.27. The Morgan fingerprint density at radius 3 is 2.64 bits per heavy atom. The number of nitrogens with zero attached hydrogens (tertiary/aromatic N) is 5. The number of rotatable bonds is 2. The van der Waals surface area contributed by atoms with Gasteiger partial charge in [0.2, 0.25) is 0 Å². The first-order valence-corrected chi connectivity index (χ1v) is 8.27. The molecule has 0 fully saturated rings. The Bertz CT molecular complexity index is 1230. The highest BCUT2D eigenvalue weighted by molar-refractivity contribution is 5.67. The molecule has 0 aliphatic rings. The van der Waals surface area contributed by atoms with Crippen molar-refractivity contribution < 1.29 is 13.2 Å². The topological polar surface area (TPSA) is 66.9 Å². The lowest BCUT2D eigenvalue weighted by atomic mass is 10.0. The van der Waals surface area contributed by atoms with Crippen LogP contribution in [0.2, 0.25) is 0 Å². The van der Waals surface area contributed by atoms with Crippen LogP contribution in [0.15, 0.2) is 54.9 Å². The zero-order valence-electron chi connectivity index (χ0n) is 14.6. The predicted molar refractivity (Wildman–Crippen MR) is 96.1 cm³/mol. The standard InChI is InChI=1S/C20H12F3N5/c1-12-4-5-13(9-14(12)10-24)17-11-28-18(26-17)7-6-16(27-28)15-3-2-8-25-19(15)20(21,22)23/h2-9,11H,1H3. The molecular formula is C20H12F3N5. The predicted octanol–water partition coefficient (Wildman–Crippen LogP) is 4.66. The lowest BCUT2D eigenvalue weighted by molar-refractivity contribution is -0.140. The highest BCUT2D eigenvalue weighted by atomic mass is 19.4. The van der Waals surface area contributed by atoms with Crippen molar-refractivity contribution in [2.75, 3.05) is 0 Å². The third kappa shape index (κ3) is 3.07. The van der Waals surface area contributed by atoms with Crippen LogP contribution in [-0.4, -0.2) is 19.6 Å². The molecule has 28 heavy (non-hydrogen) atoms. The largest absolute Gasteiger partial charge is 0.434 e. The number of hydrogen-bond acceptors (Lipinski definition) is 4. The lowest BCUT2D eigenvalue weighted by Crippen LogP contribution is -2.10. The highest BCUT2D eigenvalue weighted by Crippen LogP contribution is 2.34. The van der Waals surface area contributed by atoms with E-state index < -0.39 is 11.9 Å². The third-order valence-electron chi connectivity index (χ3n) is 4.33. The van der Waals surface area contributed by atoms with Crippen molar-refractivity contribution in [3.05, 3.63) is 71.7 Å². The van der Waals surface area contributed by atoms with Gasteiger partial charge in [-0.2, -0.15) is 23.5 Å². The summed E-state index contributed by atoms with van der Waals surface area (Å²) in [5, 5.41) is 13.5. The zero-order chi connectivity index (χ0) is 19.9. The molecular weight excluding hydrogens is 367 g/mol. The van der Waals surface area contributed by atoms with Gasteiger partial charge in [0.15, 0.2) is 11.3 Å². The first kappa shape index (κ1) is 17.7. The highest BCUT2D eigenvalue weighted by Gasteiger charge is 2.35. The first-order chi connectivity index (χ1) is 13.4. The van der Waals surface area contributed by atoms with Gasteiger partial charge in [0, 0.05) is 17.3 Å². The molecule has 0 radical (unpaired) electrons. The molecule has 5 nitrogen and oxygen atoms in total. The van der Waals surface area contributed by atoms with Crippen molar-refractivity contribution in [3.63, 3.8) is 0 Å². The maximum absolute atomic E-state index is 13.2. The SMILES string of the molecule is Cc1ccc(-c2cn3nc(-c4cccnc4C(F)(F)F)ccc3n2)cc1C#N. The molecule has 0 bridgehead atoms. The summed E-state index contributed by atoms with van der Waals surface area (Å²) >= 11 is 0. The second-order valence-corrected chi connectivity index (χ2v) is 6.19. The van der Waals surface area contributed by atoms with E-state index in [9.17, 15) is 18.4 Å². The van der Waals surface area contributed by atoms with E-state index in [4.69, 9.17) is 0 Å². The number of halogens is 3. The van der Waals surface area contributed by atoms with Crippen molar-refractivity contribution >= 4 is 5.65 Å². The van der Waals surface area contributed by atoms with Crippen LogP contribution in [0, 0.1) is 18.3 Å². The number of nitriles is 1. The lowest BCUT2D eigenvalue weighted by Gasteiger charge is -2.10. The molecule has 3 heterocycles. The normalized spacial score (nSPS) is 11.5. The Hall–Kier alpha value is -3.73. The second-order valence-electron chi connectivity index (χ2n) is 6.19. The number of hydrogen-bond donors (Lipinski definition) is 0. The maximum atomic E-state index is 13.2. The van der Waals surface area contributed by atoms with Crippen LogP contribution in [0.3, 0.4) is 0 Å². The van der Waals surface area contributed by atoms with E-state index in [1.807, 2.05) is 19.1 Å². The molecule has 4 aromatic rings. The number of fused-ring (bicyclic) bond motifs is 1. The van der Waals surface area contributed by atoms with Crippen LogP contribution in [0.1, 0.15) is 16.8 Å². The molecule has 0 unspecified atom stereocenters. The summed E-state index contributed by atoms with van der Waals surface area (Å²) in [5.74, 6) is 0. The minimum atomic E-state index is -4.58. The molecule has 4 rings (SSSR count). The van der Waals surface area contributed by atoms with Crippen molar-refractivity contribution in [1.82, 2.24) is 19.6 Å². The van der Waals surface area contributed by atoms with Gasteiger partial charge in [-0.1, -0.05) is 12.1 Å². The Balaban J connectivity index is 1.82. The fraction of sp³-hybridized carbons (Fsp3) is 0.100. The number of aryl methyl sites for hydroxylation is 1. The van der Waals surface area contributed by atoms with E-state index >= 15 is 0 Å². The Morgan fingerprint density at radius 2 is 1.89 bits per heavy atom. The van der Waals surface area contributed by atoms with Gasteiger partial charge in [0.1, 0.15) is 0 Å². The Morgan fingerprint density at radius 1 is 1.07 bits per heavy atom. The number of pyridine rings is 1. The van der Waals surface area contributed by atoms with Gasteiger partial charge in [-0.25, -0.2) is 9.50 Å². The fourth-order valence-corrected chi connectivity index (χ4v) is 2.90. The van der Waals surface area contributed by atoms with Gasteiger partial charge >= 0.3 is 6.18 Å². The molecule has 0 aliphatic carbocycles. The molecule has 3 aromatic heterocycles. The summed E-state index contributed by atoms with van der Waals surface area (Å²) in [7, 11) is 0. The molecule has 8 heteroatoms. The molecule has 0 spiro atoms. The average Bonchev–Trinajstić information content (AvgIpc) is 3.11. The Kier molecular flexibility index (Phi) is 4.08. The van der Waals surface area contributed by atoms with Crippen LogP contribution in [0.25, 0.3) is 28.2 Å². The summed E-state index contributed by atoms with van der Waals surface area (Å²) in [6.07, 6.45) is -1.86. The van der Waals surface area contributed by atoms with Crippen molar-refractivity contribution in [1.29, 1.82) is 5.26 Å². The van der Waals surface area contributed by atoms with E-state index in [-0.39, 0.29) is 11.3 Å². The second kappa shape index (κ2) is 6.46. The van der Waals surface area contributed by atoms with Crippen molar-refractivity contribution in [2.24, 2.45) is 0 Å². The van der Waals surface area contributed by atoms with E-state index in [2.05, 4.69) is 21.1 Å². The molecule has 1 aromatic carbocycles. The van der Waals surface area contributed by atoms with Crippen molar-refractivity contribution in [2.45, 2.75) is 13.1 Å². The van der Waals surface area contributed by atoms with Gasteiger partial charge < -0.3 is 0 Å². The van der Waals surface area contributed by atoms with Gasteiger partial charge in [-0.3, -0.25) is 4.98 Å². The molecule has 138 valence electrons. The van der Waals surface area contributed by atoms with Gasteiger partial charge in [-0.05, 0) is 42.8 Å². The van der Waals surface area contributed by atoms with Crippen LogP contribution < -0.4 is 0 Å². The maximum Gasteiger partial charge on any atom is 0.434 e. The molecule has 0 saturated carbocycles. The molecule has 0 aliphatic heterocycles. The Labute approximate surface area is 157 Å². The zero-order valence-corrected chi connectivity index (χ0v) is 14.6. The monoisotopic (exact) mass is 379 g/mol. The smallest absolute Gasteiger partial charge is 0.251 e. The number of benzene rings is 1. The molecule has 0 atom stereocenters. The van der Waals surface area contributed by atoms with Crippen LogP contribution in [-0.2, 0) is 6.18 Å². The number of aromatic nitrogens is 4. The summed E-state index contributed by atoms with van der Waals surface area (Å²) < 4.78 is 41.1. The van der Waals surface area contributed by atoms with E-state index in [0.717, 1.165) is 17.3 Å². The van der Waals surface area contributed by atoms with E-state index in [1.165, 1.54) is 22.7 Å². The minimum Gasteiger partial charge on any atom is -0.251 e. The van der Waals surface area contributed by atoms with Gasteiger partial charge in [-0.15, -0.1) is 0 Å². The fourth-order valence-electron chi connectivity index (χ4n) is 2.90. The quantitative estimate of drug-likeness (QED) is 0.508. The van der Waals surface area contributed by atoms with Crippen LogP contribution in [0.5, 0.6) is 0 Å². The number of imidazole rings is 1. The summed E-state index contributed by atoms with van der Waals surface area (Å²) in [4.78, 5) is 7.91. The van der Waals surface area contributed by atoms with Crippen LogP contribution in [0.4, 0.5) is 13.2 Å². The van der Waals surface area contributed by atoms with Gasteiger partial charge in [0.25, 0.3) is 0 Å². The van der Waals surface area contributed by atoms with Crippen molar-refractivity contribution in [3.8, 4) is 28.6 Å². The van der Waals surface area contributed by atoms with E-state index in [1.54, 1.807) is 18.3 Å². The van der Waals surface area contributed by atoms with E-state index in [0.29, 0.717) is 16.9 Å². The molecule has 0 saturated heterocycles. The average molecular weight is 379 g/mol. The number of alkyl halides is 3. The molecule has 0 N–H and O–H groups in total. The summed E-state index contributed by atoms with van der Waals surface area (Å²) in [5.41, 5.74) is 2.22. The minimum absolute atomic E-state index is 0.103. The summed E-state index contributed by atoms with van der Waals surface area (Å²) in [6.45, 7) is 1.84. The molecule has 0 amide bonds. The van der Waals surface area contributed by atoms with Crippen LogP contribution >= 0.6 is 0 Å². The van der Waals surface area contributed by atoms with Gasteiger partial charge in [0.05, 0.1) is 29.2 Å².